The second-order valence-corrected chi connectivity index (χ2v) is 10.2. The van der Waals surface area contributed by atoms with Gasteiger partial charge >= 0.3 is 0 Å². The van der Waals surface area contributed by atoms with Crippen molar-refractivity contribution in [3.05, 3.63) is 24.3 Å². The largest absolute Gasteiger partial charge is 0.376 e. The summed E-state index contributed by atoms with van der Waals surface area (Å²) in [6.07, 6.45) is 2.43. The highest BCUT2D eigenvalue weighted by molar-refractivity contribution is 7.91. The molecule has 7 nitrogen and oxygen atoms in total. The number of likely N-dealkylation sites (N-methyl/N-ethyl adjacent to an activating group) is 1. The Labute approximate surface area is 168 Å². The number of carbonyl (C=O) groups excluding carboxylic acids is 1. The first-order valence-corrected chi connectivity index (χ1v) is 11.7. The summed E-state index contributed by atoms with van der Waals surface area (Å²) in [5.41, 5.74) is 2.00. The van der Waals surface area contributed by atoms with Gasteiger partial charge in [0, 0.05) is 40.3 Å². The van der Waals surface area contributed by atoms with E-state index in [0.29, 0.717) is 19.6 Å². The minimum atomic E-state index is -3.06. The fourth-order valence-corrected chi connectivity index (χ4v) is 5.76. The Hall–Kier alpha value is -1.80. The number of carbonyl (C=O) groups is 1. The zero-order valence-electron chi connectivity index (χ0n) is 17.0. The number of anilines is 2. The molecule has 3 rings (SSSR count). The van der Waals surface area contributed by atoms with E-state index in [1.165, 1.54) is 0 Å². The van der Waals surface area contributed by atoms with Crippen molar-refractivity contribution in [2.24, 2.45) is 0 Å². The highest BCUT2D eigenvalue weighted by Crippen LogP contribution is 2.27. The van der Waals surface area contributed by atoms with E-state index in [0.717, 1.165) is 24.2 Å². The van der Waals surface area contributed by atoms with Crippen molar-refractivity contribution in [3.8, 4) is 0 Å². The molecule has 2 aliphatic rings. The lowest BCUT2D eigenvalue weighted by Crippen LogP contribution is -2.48. The van der Waals surface area contributed by atoms with Crippen LogP contribution in [0.5, 0.6) is 0 Å². The van der Waals surface area contributed by atoms with Crippen LogP contribution >= 0.6 is 0 Å². The van der Waals surface area contributed by atoms with Gasteiger partial charge in [0.15, 0.2) is 9.84 Å². The molecule has 2 fully saturated rings. The molecule has 1 aromatic rings. The van der Waals surface area contributed by atoms with Crippen molar-refractivity contribution in [1.29, 1.82) is 0 Å². The summed E-state index contributed by atoms with van der Waals surface area (Å²) < 4.78 is 29.7. The van der Waals surface area contributed by atoms with Crippen LogP contribution in [0.1, 0.15) is 19.3 Å². The highest BCUT2D eigenvalue weighted by atomic mass is 32.2. The Morgan fingerprint density at radius 2 is 1.86 bits per heavy atom. The van der Waals surface area contributed by atoms with Gasteiger partial charge in [0.05, 0.1) is 35.5 Å². The fourth-order valence-electron chi connectivity index (χ4n) is 4.03. The number of hydrogen-bond acceptors (Lipinski definition) is 6. The van der Waals surface area contributed by atoms with Gasteiger partial charge in [-0.15, -0.1) is 0 Å². The maximum atomic E-state index is 13.2. The molecule has 0 N–H and O–H groups in total. The van der Waals surface area contributed by atoms with E-state index < -0.39 is 9.84 Å². The maximum Gasteiger partial charge on any atom is 0.242 e. The van der Waals surface area contributed by atoms with Crippen molar-refractivity contribution in [1.82, 2.24) is 4.90 Å². The average molecular weight is 410 g/mol. The molecule has 0 bridgehead atoms. The molecule has 156 valence electrons. The van der Waals surface area contributed by atoms with Crippen molar-refractivity contribution < 1.29 is 17.9 Å². The van der Waals surface area contributed by atoms with Crippen LogP contribution in [0.2, 0.25) is 0 Å². The lowest BCUT2D eigenvalue weighted by Gasteiger charge is -2.33. The van der Waals surface area contributed by atoms with Gasteiger partial charge in [-0.3, -0.25) is 4.79 Å². The summed E-state index contributed by atoms with van der Waals surface area (Å²) in [5, 5.41) is 0. The fraction of sp³-hybridized carbons (Fsp3) is 0.650. The van der Waals surface area contributed by atoms with Gasteiger partial charge < -0.3 is 19.4 Å². The standard InChI is InChI=1S/C20H31N3O4S/c1-21(2)18-8-4-5-9-19(18)22(3)14-20(24)23(13-17-7-6-11-27-17)16-10-12-28(25,26)15-16/h4-5,8-9,16-17H,6-7,10-15H2,1-3H3/t16-,17+/m1/s1. The van der Waals surface area contributed by atoms with Crippen LogP contribution in [0.15, 0.2) is 24.3 Å². The second-order valence-electron chi connectivity index (χ2n) is 7.98. The third-order valence-electron chi connectivity index (χ3n) is 5.54. The molecule has 0 radical (unpaired) electrons. The smallest absolute Gasteiger partial charge is 0.242 e. The van der Waals surface area contributed by atoms with Crippen LogP contribution in [0.4, 0.5) is 11.4 Å². The monoisotopic (exact) mass is 409 g/mol. The average Bonchev–Trinajstić information content (AvgIpc) is 3.28. The molecular weight excluding hydrogens is 378 g/mol. The molecule has 2 atom stereocenters. The molecule has 2 aliphatic heterocycles. The molecule has 2 saturated heterocycles. The minimum Gasteiger partial charge on any atom is -0.376 e. The zero-order valence-corrected chi connectivity index (χ0v) is 17.8. The third kappa shape index (κ3) is 4.97. The molecule has 0 aliphatic carbocycles. The van der Waals surface area contributed by atoms with Gasteiger partial charge in [-0.05, 0) is 31.4 Å². The minimum absolute atomic E-state index is 0.00613. The van der Waals surface area contributed by atoms with Crippen LogP contribution in [0.3, 0.4) is 0 Å². The molecule has 0 spiro atoms. The molecule has 28 heavy (non-hydrogen) atoms. The summed E-state index contributed by atoms with van der Waals surface area (Å²) >= 11 is 0. The number of sulfone groups is 1. The van der Waals surface area contributed by atoms with Crippen LogP contribution in [-0.2, 0) is 19.4 Å². The van der Waals surface area contributed by atoms with E-state index in [1.54, 1.807) is 4.90 Å². The Kier molecular flexibility index (Phi) is 6.50. The van der Waals surface area contributed by atoms with Gasteiger partial charge in [-0.1, -0.05) is 12.1 Å². The van der Waals surface area contributed by atoms with Gasteiger partial charge in [0.2, 0.25) is 5.91 Å². The summed E-state index contributed by atoms with van der Waals surface area (Å²) in [5.74, 6) is 0.170. The van der Waals surface area contributed by atoms with Crippen molar-refractivity contribution >= 4 is 27.1 Å². The number of hydrogen-bond donors (Lipinski definition) is 0. The molecule has 2 heterocycles. The van der Waals surface area contributed by atoms with Crippen LogP contribution in [0.25, 0.3) is 0 Å². The third-order valence-corrected chi connectivity index (χ3v) is 7.29. The van der Waals surface area contributed by atoms with Crippen molar-refractivity contribution in [2.75, 3.05) is 62.1 Å². The predicted octanol–water partition coefficient (Wildman–Crippen LogP) is 1.38. The van der Waals surface area contributed by atoms with E-state index in [4.69, 9.17) is 4.74 Å². The maximum absolute atomic E-state index is 13.2. The Morgan fingerprint density at radius 3 is 2.43 bits per heavy atom. The molecule has 1 aromatic carbocycles. The number of amides is 1. The lowest BCUT2D eigenvalue weighted by atomic mass is 10.1. The first-order chi connectivity index (χ1) is 13.3. The molecule has 0 aromatic heterocycles. The van der Waals surface area contributed by atoms with E-state index in [9.17, 15) is 13.2 Å². The Balaban J connectivity index is 1.75. The first-order valence-electron chi connectivity index (χ1n) is 9.86. The quantitative estimate of drug-likeness (QED) is 0.678. The van der Waals surface area contributed by atoms with Crippen LogP contribution in [0, 0.1) is 0 Å². The topological polar surface area (TPSA) is 70.2 Å². The number of rotatable bonds is 7. The summed E-state index contributed by atoms with van der Waals surface area (Å²) in [6.45, 7) is 1.39. The summed E-state index contributed by atoms with van der Waals surface area (Å²) in [7, 11) is 2.79. The van der Waals surface area contributed by atoms with E-state index in [2.05, 4.69) is 0 Å². The van der Waals surface area contributed by atoms with Gasteiger partial charge in [0.1, 0.15) is 0 Å². The van der Waals surface area contributed by atoms with Crippen LogP contribution < -0.4 is 9.80 Å². The highest BCUT2D eigenvalue weighted by Gasteiger charge is 2.36. The molecule has 0 saturated carbocycles. The summed E-state index contributed by atoms with van der Waals surface area (Å²) in [6, 6.07) is 7.69. The van der Waals surface area contributed by atoms with Crippen molar-refractivity contribution in [2.45, 2.75) is 31.4 Å². The molecule has 8 heteroatoms. The first kappa shape index (κ1) is 20.9. The molecule has 1 amide bonds. The van der Waals surface area contributed by atoms with E-state index in [1.807, 2.05) is 55.2 Å². The van der Waals surface area contributed by atoms with Gasteiger partial charge in [-0.25, -0.2) is 8.42 Å². The number of ether oxygens (including phenoxy) is 1. The zero-order chi connectivity index (χ0) is 20.3. The van der Waals surface area contributed by atoms with E-state index >= 15 is 0 Å². The van der Waals surface area contributed by atoms with E-state index in [-0.39, 0.29) is 36.1 Å². The molecule has 0 unspecified atom stereocenters. The number of nitrogens with zero attached hydrogens (tertiary/aromatic N) is 3. The normalized spacial score (nSPS) is 23.5. The number of benzene rings is 1. The summed E-state index contributed by atoms with van der Waals surface area (Å²) in [4.78, 5) is 18.9. The SMILES string of the molecule is CN(C)c1ccccc1N(C)CC(=O)N(C[C@@H]1CCCO1)[C@@H]1CCS(=O)(=O)C1. The predicted molar refractivity (Wildman–Crippen MR) is 112 cm³/mol. The lowest BCUT2D eigenvalue weighted by molar-refractivity contribution is -0.133. The van der Waals surface area contributed by atoms with Crippen molar-refractivity contribution in [3.63, 3.8) is 0 Å². The second kappa shape index (κ2) is 8.69. The molecular formula is C20H31N3O4S. The van der Waals surface area contributed by atoms with Gasteiger partial charge in [-0.2, -0.15) is 0 Å². The van der Waals surface area contributed by atoms with Gasteiger partial charge in [0.25, 0.3) is 0 Å². The Morgan fingerprint density at radius 1 is 1.14 bits per heavy atom. The number of para-hydroxylation sites is 2. The van der Waals surface area contributed by atoms with Crippen LogP contribution in [-0.4, -0.2) is 83.7 Å². The Bertz CT molecular complexity index is 790.